The summed E-state index contributed by atoms with van der Waals surface area (Å²) < 4.78 is 0. The van der Waals surface area contributed by atoms with Crippen molar-refractivity contribution in [3.8, 4) is 0 Å². The highest BCUT2D eigenvalue weighted by Gasteiger charge is 2.11. The van der Waals surface area contributed by atoms with Crippen molar-refractivity contribution in [1.82, 2.24) is 4.90 Å². The predicted molar refractivity (Wildman–Crippen MR) is 83.5 cm³/mol. The van der Waals surface area contributed by atoms with Crippen molar-refractivity contribution in [3.05, 3.63) is 29.8 Å². The minimum atomic E-state index is 0.794. The molecule has 2 heteroatoms. The van der Waals surface area contributed by atoms with E-state index in [2.05, 4.69) is 48.3 Å². The highest BCUT2D eigenvalue weighted by atomic mass is 15.1. The topological polar surface area (TPSA) is 15.3 Å². The Bertz CT molecular complexity index is 365. The van der Waals surface area contributed by atoms with Crippen LogP contribution >= 0.6 is 0 Å². The fraction of sp³-hybridized carbons (Fsp3) is 0.647. The Kier molecular flexibility index (Phi) is 5.71. The van der Waals surface area contributed by atoms with Crippen LogP contribution in [0.15, 0.2) is 24.3 Å². The van der Waals surface area contributed by atoms with Gasteiger partial charge in [-0.2, -0.15) is 0 Å². The number of hydrogen-bond acceptors (Lipinski definition) is 2. The van der Waals surface area contributed by atoms with Gasteiger partial charge in [0, 0.05) is 18.8 Å². The maximum Gasteiger partial charge on any atom is 0.0343 e. The maximum absolute atomic E-state index is 3.59. The first-order valence-corrected chi connectivity index (χ1v) is 7.87. The molecule has 19 heavy (non-hydrogen) atoms. The molecule has 2 rings (SSSR count). The molecule has 0 unspecified atom stereocenters. The van der Waals surface area contributed by atoms with Gasteiger partial charge in [-0.25, -0.2) is 0 Å². The number of hydrogen-bond donors (Lipinski definition) is 1. The molecular formula is C17H28N2. The molecule has 106 valence electrons. The number of nitrogens with one attached hydrogen (secondary N) is 1. The predicted octanol–water partition coefficient (Wildman–Crippen LogP) is 4.13. The summed E-state index contributed by atoms with van der Waals surface area (Å²) in [6, 6.07) is 8.94. The minimum absolute atomic E-state index is 0.794. The van der Waals surface area contributed by atoms with Gasteiger partial charge in [0.2, 0.25) is 0 Å². The molecular weight excluding hydrogens is 232 g/mol. The van der Waals surface area contributed by atoms with Crippen LogP contribution < -0.4 is 5.32 Å². The van der Waals surface area contributed by atoms with Crippen LogP contribution in [0.1, 0.15) is 45.1 Å². The van der Waals surface area contributed by atoms with E-state index in [0.29, 0.717) is 0 Å². The molecule has 0 amide bonds. The first-order valence-electron chi connectivity index (χ1n) is 7.87. The van der Waals surface area contributed by atoms with Gasteiger partial charge in [0.25, 0.3) is 0 Å². The third-order valence-corrected chi connectivity index (χ3v) is 4.28. The summed E-state index contributed by atoms with van der Waals surface area (Å²) in [5, 5.41) is 3.59. The third kappa shape index (κ3) is 4.54. The molecule has 0 saturated carbocycles. The molecule has 2 nitrogen and oxygen atoms in total. The molecule has 1 saturated heterocycles. The molecule has 1 aliphatic rings. The van der Waals surface area contributed by atoms with Crippen molar-refractivity contribution >= 4 is 5.69 Å². The summed E-state index contributed by atoms with van der Waals surface area (Å²) in [4.78, 5) is 2.56. The van der Waals surface area contributed by atoms with Crippen LogP contribution in [0, 0.1) is 5.92 Å². The maximum atomic E-state index is 3.59. The van der Waals surface area contributed by atoms with E-state index in [1.54, 1.807) is 0 Å². The Morgan fingerprint density at radius 1 is 1.16 bits per heavy atom. The zero-order chi connectivity index (χ0) is 13.5. The summed E-state index contributed by atoms with van der Waals surface area (Å²) >= 11 is 0. The van der Waals surface area contributed by atoms with Crippen molar-refractivity contribution in [1.29, 1.82) is 0 Å². The normalized spacial score (nSPS) is 16.2. The van der Waals surface area contributed by atoms with Crippen LogP contribution in [0.25, 0.3) is 0 Å². The van der Waals surface area contributed by atoms with E-state index in [1.807, 2.05) is 0 Å². The lowest BCUT2D eigenvalue weighted by Gasteiger charge is -2.17. The molecule has 0 aromatic heterocycles. The molecule has 1 fully saturated rings. The second-order valence-corrected chi connectivity index (χ2v) is 5.75. The molecule has 1 heterocycles. The van der Waals surface area contributed by atoms with Gasteiger partial charge >= 0.3 is 0 Å². The van der Waals surface area contributed by atoms with Gasteiger partial charge < -0.3 is 5.32 Å². The van der Waals surface area contributed by atoms with Gasteiger partial charge in [-0.05, 0) is 49.5 Å². The SMILES string of the molecule is CCC(CC)CNc1cccc(CN2CCCC2)c1. The van der Waals surface area contributed by atoms with Crippen LogP contribution in [-0.2, 0) is 6.54 Å². The lowest BCUT2D eigenvalue weighted by atomic mass is 10.0. The fourth-order valence-corrected chi connectivity index (χ4v) is 2.82. The number of rotatable bonds is 7. The first kappa shape index (κ1) is 14.4. The average Bonchev–Trinajstić information content (AvgIpc) is 2.93. The lowest BCUT2D eigenvalue weighted by Crippen LogP contribution is -2.18. The molecule has 0 radical (unpaired) electrons. The van der Waals surface area contributed by atoms with Crippen molar-refractivity contribution < 1.29 is 0 Å². The summed E-state index contributed by atoms with van der Waals surface area (Å²) in [7, 11) is 0. The Balaban J connectivity index is 1.87. The van der Waals surface area contributed by atoms with Gasteiger partial charge in [-0.3, -0.25) is 4.90 Å². The van der Waals surface area contributed by atoms with Crippen LogP contribution in [0.3, 0.4) is 0 Å². The van der Waals surface area contributed by atoms with Crippen LogP contribution in [0.4, 0.5) is 5.69 Å². The molecule has 0 aliphatic carbocycles. The number of benzene rings is 1. The summed E-state index contributed by atoms with van der Waals surface area (Å²) in [6.07, 6.45) is 5.26. The van der Waals surface area contributed by atoms with Crippen molar-refractivity contribution in [3.63, 3.8) is 0 Å². The third-order valence-electron chi connectivity index (χ3n) is 4.28. The first-order chi connectivity index (χ1) is 9.31. The zero-order valence-electron chi connectivity index (χ0n) is 12.5. The second-order valence-electron chi connectivity index (χ2n) is 5.75. The monoisotopic (exact) mass is 260 g/mol. The van der Waals surface area contributed by atoms with Crippen molar-refractivity contribution in [2.75, 3.05) is 25.0 Å². The van der Waals surface area contributed by atoms with Gasteiger partial charge in [-0.1, -0.05) is 38.8 Å². The van der Waals surface area contributed by atoms with E-state index < -0.39 is 0 Å². The Labute approximate surface area is 118 Å². The van der Waals surface area contributed by atoms with Crippen molar-refractivity contribution in [2.24, 2.45) is 5.92 Å². The highest BCUT2D eigenvalue weighted by molar-refractivity contribution is 5.45. The summed E-state index contributed by atoms with van der Waals surface area (Å²) in [5.41, 5.74) is 2.72. The quantitative estimate of drug-likeness (QED) is 0.793. The second kappa shape index (κ2) is 7.54. The number of nitrogens with zero attached hydrogens (tertiary/aromatic N) is 1. The number of anilines is 1. The number of likely N-dealkylation sites (tertiary alicyclic amines) is 1. The molecule has 0 atom stereocenters. The fourth-order valence-electron chi connectivity index (χ4n) is 2.82. The van der Waals surface area contributed by atoms with E-state index >= 15 is 0 Å². The average molecular weight is 260 g/mol. The Morgan fingerprint density at radius 2 is 1.89 bits per heavy atom. The summed E-state index contributed by atoms with van der Waals surface area (Å²) in [6.45, 7) is 9.30. The van der Waals surface area contributed by atoms with E-state index in [4.69, 9.17) is 0 Å². The van der Waals surface area contributed by atoms with Crippen LogP contribution in [0.5, 0.6) is 0 Å². The Hall–Kier alpha value is -1.02. The zero-order valence-corrected chi connectivity index (χ0v) is 12.5. The van der Waals surface area contributed by atoms with Gasteiger partial charge in [0.15, 0.2) is 0 Å². The van der Waals surface area contributed by atoms with Crippen LogP contribution in [-0.4, -0.2) is 24.5 Å². The largest absolute Gasteiger partial charge is 0.385 e. The molecule has 1 aromatic rings. The Morgan fingerprint density at radius 3 is 2.58 bits per heavy atom. The molecule has 1 aliphatic heterocycles. The molecule has 1 aromatic carbocycles. The minimum Gasteiger partial charge on any atom is -0.385 e. The van der Waals surface area contributed by atoms with Gasteiger partial charge in [-0.15, -0.1) is 0 Å². The molecule has 1 N–H and O–H groups in total. The van der Waals surface area contributed by atoms with Crippen LogP contribution in [0.2, 0.25) is 0 Å². The highest BCUT2D eigenvalue weighted by Crippen LogP contribution is 2.17. The van der Waals surface area contributed by atoms with Crippen molar-refractivity contribution in [2.45, 2.75) is 46.1 Å². The van der Waals surface area contributed by atoms with E-state index in [-0.39, 0.29) is 0 Å². The molecule has 0 spiro atoms. The lowest BCUT2D eigenvalue weighted by molar-refractivity contribution is 0.331. The van der Waals surface area contributed by atoms with E-state index in [9.17, 15) is 0 Å². The molecule has 0 bridgehead atoms. The van der Waals surface area contributed by atoms with Gasteiger partial charge in [0.05, 0.1) is 0 Å². The van der Waals surface area contributed by atoms with E-state index in [1.165, 1.54) is 50.0 Å². The van der Waals surface area contributed by atoms with E-state index in [0.717, 1.165) is 19.0 Å². The van der Waals surface area contributed by atoms with Gasteiger partial charge in [0.1, 0.15) is 0 Å². The summed E-state index contributed by atoms with van der Waals surface area (Å²) in [5.74, 6) is 0.794. The standard InChI is InChI=1S/C17H28N2/c1-3-15(4-2)13-18-17-9-7-8-16(12-17)14-19-10-5-6-11-19/h7-9,12,15,18H,3-6,10-11,13-14H2,1-2H3. The smallest absolute Gasteiger partial charge is 0.0343 e.